The number of methoxy groups -OCH3 is 1. The lowest BCUT2D eigenvalue weighted by Gasteiger charge is -2.23. The lowest BCUT2D eigenvalue weighted by molar-refractivity contribution is -0.122. The average molecular weight is 295 g/mol. The van der Waals surface area contributed by atoms with E-state index in [1.165, 1.54) is 0 Å². The minimum absolute atomic E-state index is 0.0793. The van der Waals surface area contributed by atoms with E-state index in [0.717, 1.165) is 5.75 Å². The van der Waals surface area contributed by atoms with Crippen molar-refractivity contribution in [3.05, 3.63) is 30.3 Å². The van der Waals surface area contributed by atoms with Gasteiger partial charge in [-0.2, -0.15) is 0 Å². The Bertz CT molecular complexity index is 406. The first-order valence-electron chi connectivity index (χ1n) is 7.19. The molecule has 1 atom stereocenters. The molecule has 0 fully saturated rings. The maximum atomic E-state index is 11.7. The summed E-state index contributed by atoms with van der Waals surface area (Å²) < 4.78 is 10.4. The second kappa shape index (κ2) is 9.37. The molecule has 5 nitrogen and oxygen atoms in total. The first kappa shape index (κ1) is 17.5. The zero-order valence-corrected chi connectivity index (χ0v) is 12.8. The van der Waals surface area contributed by atoms with Crippen molar-refractivity contribution in [3.63, 3.8) is 0 Å². The summed E-state index contributed by atoms with van der Waals surface area (Å²) in [6.45, 7) is 2.88. The number of para-hydroxylation sites is 1. The Kier molecular flexibility index (Phi) is 7.79. The lowest BCUT2D eigenvalue weighted by Crippen LogP contribution is -2.41. The molecule has 1 rings (SSSR count). The van der Waals surface area contributed by atoms with E-state index in [4.69, 9.17) is 9.47 Å². The SMILES string of the molecule is COCCC(C)(O)CNC(=O)CCCOc1ccccc1. The molecular weight excluding hydrogens is 270 g/mol. The summed E-state index contributed by atoms with van der Waals surface area (Å²) >= 11 is 0. The van der Waals surface area contributed by atoms with Gasteiger partial charge in [0.25, 0.3) is 0 Å². The zero-order valence-electron chi connectivity index (χ0n) is 12.8. The van der Waals surface area contributed by atoms with Crippen LogP contribution in [0.25, 0.3) is 0 Å². The molecule has 0 aliphatic rings. The average Bonchev–Trinajstić information content (AvgIpc) is 2.49. The van der Waals surface area contributed by atoms with Crippen LogP contribution < -0.4 is 10.1 Å². The van der Waals surface area contributed by atoms with Crippen LogP contribution in [-0.2, 0) is 9.53 Å². The van der Waals surface area contributed by atoms with E-state index in [0.29, 0.717) is 32.5 Å². The number of hydrogen-bond acceptors (Lipinski definition) is 4. The predicted molar refractivity (Wildman–Crippen MR) is 81.3 cm³/mol. The Hall–Kier alpha value is -1.59. The van der Waals surface area contributed by atoms with E-state index in [1.807, 2.05) is 30.3 Å². The van der Waals surface area contributed by atoms with Gasteiger partial charge in [0.2, 0.25) is 5.91 Å². The fourth-order valence-corrected chi connectivity index (χ4v) is 1.73. The van der Waals surface area contributed by atoms with Gasteiger partial charge in [-0.3, -0.25) is 4.79 Å². The molecule has 21 heavy (non-hydrogen) atoms. The van der Waals surface area contributed by atoms with Crippen LogP contribution in [0.1, 0.15) is 26.2 Å². The summed E-state index contributed by atoms with van der Waals surface area (Å²) in [5.74, 6) is 0.727. The third-order valence-corrected chi connectivity index (χ3v) is 3.07. The molecule has 0 saturated heterocycles. The highest BCUT2D eigenvalue weighted by atomic mass is 16.5. The van der Waals surface area contributed by atoms with Crippen molar-refractivity contribution in [2.24, 2.45) is 0 Å². The van der Waals surface area contributed by atoms with Crippen molar-refractivity contribution in [3.8, 4) is 5.75 Å². The van der Waals surface area contributed by atoms with Crippen LogP contribution in [-0.4, -0.2) is 43.5 Å². The van der Waals surface area contributed by atoms with Crippen molar-refractivity contribution in [1.82, 2.24) is 5.32 Å². The Labute approximate surface area is 126 Å². The molecule has 0 aliphatic heterocycles. The summed E-state index contributed by atoms with van der Waals surface area (Å²) in [7, 11) is 1.58. The summed E-state index contributed by atoms with van der Waals surface area (Å²) in [5.41, 5.74) is -0.938. The normalized spacial score (nSPS) is 13.5. The van der Waals surface area contributed by atoms with Gasteiger partial charge in [0, 0.05) is 33.1 Å². The minimum Gasteiger partial charge on any atom is -0.494 e. The number of aliphatic hydroxyl groups is 1. The van der Waals surface area contributed by atoms with Gasteiger partial charge in [-0.25, -0.2) is 0 Å². The molecular formula is C16H25NO4. The highest BCUT2D eigenvalue weighted by Gasteiger charge is 2.20. The maximum absolute atomic E-state index is 11.7. The number of hydrogen-bond donors (Lipinski definition) is 2. The van der Waals surface area contributed by atoms with Crippen molar-refractivity contribution in [2.45, 2.75) is 31.8 Å². The lowest BCUT2D eigenvalue weighted by atomic mass is 10.0. The molecule has 118 valence electrons. The number of rotatable bonds is 10. The van der Waals surface area contributed by atoms with E-state index < -0.39 is 5.60 Å². The monoisotopic (exact) mass is 295 g/mol. The van der Waals surface area contributed by atoms with E-state index >= 15 is 0 Å². The summed E-state index contributed by atoms with van der Waals surface area (Å²) in [6.07, 6.45) is 1.51. The first-order valence-corrected chi connectivity index (χ1v) is 7.19. The second-order valence-corrected chi connectivity index (χ2v) is 5.28. The molecule has 1 unspecified atom stereocenters. The standard InChI is InChI=1S/C16H25NO4/c1-16(19,10-12-20-2)13-17-15(18)9-6-11-21-14-7-4-3-5-8-14/h3-5,7-8,19H,6,9-13H2,1-2H3,(H,17,18). The van der Waals surface area contributed by atoms with Crippen molar-refractivity contribution in [1.29, 1.82) is 0 Å². The van der Waals surface area contributed by atoms with Crippen molar-refractivity contribution >= 4 is 5.91 Å². The van der Waals surface area contributed by atoms with Crippen molar-refractivity contribution < 1.29 is 19.4 Å². The van der Waals surface area contributed by atoms with Crippen LogP contribution in [0.2, 0.25) is 0 Å². The Balaban J connectivity index is 2.11. The summed E-state index contributed by atoms with van der Waals surface area (Å²) in [5, 5.41) is 12.7. The highest BCUT2D eigenvalue weighted by molar-refractivity contribution is 5.75. The zero-order chi connectivity index (χ0) is 15.6. The topological polar surface area (TPSA) is 67.8 Å². The highest BCUT2D eigenvalue weighted by Crippen LogP contribution is 2.09. The molecule has 0 radical (unpaired) electrons. The fourth-order valence-electron chi connectivity index (χ4n) is 1.73. The summed E-state index contributed by atoms with van der Waals surface area (Å²) in [4.78, 5) is 11.7. The Morgan fingerprint density at radius 2 is 2.00 bits per heavy atom. The van der Waals surface area contributed by atoms with Gasteiger partial charge < -0.3 is 19.9 Å². The first-order chi connectivity index (χ1) is 10.0. The number of carbonyl (C=O) groups excluding carboxylic acids is 1. The number of amides is 1. The van der Waals surface area contributed by atoms with Gasteiger partial charge in [0.05, 0.1) is 12.2 Å². The predicted octanol–water partition coefficient (Wildman–Crippen LogP) is 1.75. The van der Waals surface area contributed by atoms with Crippen LogP contribution in [0.5, 0.6) is 5.75 Å². The largest absolute Gasteiger partial charge is 0.494 e. The van der Waals surface area contributed by atoms with Gasteiger partial charge in [-0.1, -0.05) is 18.2 Å². The number of nitrogens with one attached hydrogen (secondary N) is 1. The molecule has 1 aromatic rings. The molecule has 0 spiro atoms. The van der Waals surface area contributed by atoms with E-state index in [-0.39, 0.29) is 12.5 Å². The number of benzene rings is 1. The van der Waals surface area contributed by atoms with E-state index in [2.05, 4.69) is 5.32 Å². The van der Waals surface area contributed by atoms with Crippen LogP contribution in [0, 0.1) is 0 Å². The Morgan fingerprint density at radius 1 is 1.29 bits per heavy atom. The maximum Gasteiger partial charge on any atom is 0.220 e. The van der Waals surface area contributed by atoms with Gasteiger partial charge >= 0.3 is 0 Å². The molecule has 1 aromatic carbocycles. The van der Waals surface area contributed by atoms with E-state index in [9.17, 15) is 9.90 Å². The van der Waals surface area contributed by atoms with E-state index in [1.54, 1.807) is 14.0 Å². The van der Waals surface area contributed by atoms with Gasteiger partial charge in [-0.05, 0) is 25.5 Å². The molecule has 0 aromatic heterocycles. The van der Waals surface area contributed by atoms with Crippen LogP contribution in [0.3, 0.4) is 0 Å². The van der Waals surface area contributed by atoms with Crippen LogP contribution in [0.4, 0.5) is 0 Å². The fraction of sp³-hybridized carbons (Fsp3) is 0.562. The third kappa shape index (κ3) is 8.32. The van der Waals surface area contributed by atoms with Gasteiger partial charge in [0.1, 0.15) is 5.75 Å². The van der Waals surface area contributed by atoms with Crippen LogP contribution in [0.15, 0.2) is 30.3 Å². The smallest absolute Gasteiger partial charge is 0.220 e. The Morgan fingerprint density at radius 3 is 2.67 bits per heavy atom. The van der Waals surface area contributed by atoms with Gasteiger partial charge in [-0.15, -0.1) is 0 Å². The van der Waals surface area contributed by atoms with Crippen molar-refractivity contribution in [2.75, 3.05) is 26.9 Å². The molecule has 2 N–H and O–H groups in total. The quantitative estimate of drug-likeness (QED) is 0.645. The number of carbonyl (C=O) groups is 1. The number of ether oxygens (including phenoxy) is 2. The molecule has 5 heteroatoms. The molecule has 0 aliphatic carbocycles. The third-order valence-electron chi connectivity index (χ3n) is 3.07. The molecule has 0 bridgehead atoms. The minimum atomic E-state index is -0.938. The van der Waals surface area contributed by atoms with Gasteiger partial charge in [0.15, 0.2) is 0 Å². The molecule has 0 heterocycles. The molecule has 1 amide bonds. The summed E-state index contributed by atoms with van der Waals surface area (Å²) in [6, 6.07) is 9.50. The second-order valence-electron chi connectivity index (χ2n) is 5.28. The van der Waals surface area contributed by atoms with Crippen LogP contribution >= 0.6 is 0 Å². The molecule has 0 saturated carbocycles.